The summed E-state index contributed by atoms with van der Waals surface area (Å²) < 4.78 is 0. The van der Waals surface area contributed by atoms with Crippen LogP contribution < -0.4 is 4.89 Å². The lowest BCUT2D eigenvalue weighted by molar-refractivity contribution is -0.439. The van der Waals surface area contributed by atoms with Gasteiger partial charge in [-0.2, -0.15) is 0 Å². The topological polar surface area (TPSA) is 125 Å². The molecule has 0 heterocycles. The van der Waals surface area contributed by atoms with Gasteiger partial charge in [0, 0.05) is 0 Å². The summed E-state index contributed by atoms with van der Waals surface area (Å²) >= 11 is 0. The third-order valence-corrected chi connectivity index (χ3v) is 1.43. The van der Waals surface area contributed by atoms with E-state index in [9.17, 15) is 20.2 Å². The zero-order chi connectivity index (χ0) is 11.4. The molecule has 0 bridgehead atoms. The Morgan fingerprint density at radius 3 is 1.87 bits per heavy atom. The van der Waals surface area contributed by atoms with Crippen molar-refractivity contribution in [3.8, 4) is 5.75 Å². The summed E-state index contributed by atoms with van der Waals surface area (Å²) in [7, 11) is 0. The summed E-state index contributed by atoms with van der Waals surface area (Å²) in [5, 5.41) is 31.9. The molecule has 1 N–H and O–H groups in total. The predicted molar refractivity (Wildman–Crippen MR) is 44.1 cm³/mol. The standard InChI is InChI=1S/C6H4N2O7/c9-7(10)4-1-5(8(11)12)3-6(2-4)14-15-13/h1-3,13H. The molecule has 15 heavy (non-hydrogen) atoms. The van der Waals surface area contributed by atoms with Crippen LogP contribution in [-0.2, 0) is 5.04 Å². The molecule has 9 nitrogen and oxygen atoms in total. The highest BCUT2D eigenvalue weighted by molar-refractivity contribution is 5.49. The molecule has 0 atom stereocenters. The van der Waals surface area contributed by atoms with E-state index in [0.29, 0.717) is 0 Å². The van der Waals surface area contributed by atoms with Crippen molar-refractivity contribution >= 4 is 11.4 Å². The Kier molecular flexibility index (Phi) is 3.10. The molecule has 0 aliphatic heterocycles. The van der Waals surface area contributed by atoms with Crippen molar-refractivity contribution in [2.75, 3.05) is 0 Å². The third kappa shape index (κ3) is 2.59. The second-order valence-electron chi connectivity index (χ2n) is 2.36. The van der Waals surface area contributed by atoms with Gasteiger partial charge in [-0.25, -0.2) is 5.26 Å². The molecule has 0 spiro atoms. The second kappa shape index (κ2) is 4.30. The number of hydrogen-bond acceptors (Lipinski definition) is 7. The summed E-state index contributed by atoms with van der Waals surface area (Å²) in [5.74, 6) is -0.349. The highest BCUT2D eigenvalue weighted by Gasteiger charge is 2.17. The van der Waals surface area contributed by atoms with Crippen LogP contribution >= 0.6 is 0 Å². The molecule has 1 rings (SSSR count). The van der Waals surface area contributed by atoms with Crippen molar-refractivity contribution in [2.45, 2.75) is 0 Å². The number of rotatable bonds is 4. The van der Waals surface area contributed by atoms with Crippen molar-refractivity contribution in [3.05, 3.63) is 38.4 Å². The Bertz CT molecular complexity index is 372. The van der Waals surface area contributed by atoms with Gasteiger partial charge >= 0.3 is 0 Å². The van der Waals surface area contributed by atoms with E-state index >= 15 is 0 Å². The number of hydrogen-bond donors (Lipinski definition) is 1. The van der Waals surface area contributed by atoms with Gasteiger partial charge in [-0.3, -0.25) is 20.2 Å². The van der Waals surface area contributed by atoms with E-state index < -0.39 is 21.2 Å². The van der Waals surface area contributed by atoms with Crippen LogP contribution in [0, 0.1) is 20.2 Å². The van der Waals surface area contributed by atoms with Crippen molar-refractivity contribution in [2.24, 2.45) is 0 Å². The van der Waals surface area contributed by atoms with Crippen LogP contribution in [0.4, 0.5) is 11.4 Å². The van der Waals surface area contributed by atoms with Gasteiger partial charge in [0.05, 0.1) is 28.0 Å². The summed E-state index contributed by atoms with van der Waals surface area (Å²) in [5.41, 5.74) is -1.09. The molecule has 1 aromatic rings. The van der Waals surface area contributed by atoms with Crippen LogP contribution in [0.2, 0.25) is 0 Å². The molecule has 0 aliphatic rings. The molecule has 0 fully saturated rings. The number of benzene rings is 1. The first-order valence-electron chi connectivity index (χ1n) is 3.46. The van der Waals surface area contributed by atoms with Gasteiger partial charge in [-0.1, -0.05) is 0 Å². The Morgan fingerprint density at radius 2 is 1.53 bits per heavy atom. The van der Waals surface area contributed by atoms with E-state index in [-0.39, 0.29) is 5.75 Å². The minimum Gasteiger partial charge on any atom is -0.308 e. The fourth-order valence-electron chi connectivity index (χ4n) is 0.870. The van der Waals surface area contributed by atoms with Crippen LogP contribution in [0.5, 0.6) is 5.75 Å². The molecular weight excluding hydrogens is 212 g/mol. The minimum atomic E-state index is -0.836. The summed E-state index contributed by atoms with van der Waals surface area (Å²) in [6.45, 7) is 0. The average molecular weight is 216 g/mol. The lowest BCUT2D eigenvalue weighted by atomic mass is 10.2. The molecule has 80 valence electrons. The van der Waals surface area contributed by atoms with Gasteiger partial charge in [0.1, 0.15) is 0 Å². The molecule has 0 unspecified atom stereocenters. The van der Waals surface area contributed by atoms with E-state index in [0.717, 1.165) is 18.2 Å². The van der Waals surface area contributed by atoms with Crippen molar-refractivity contribution in [1.82, 2.24) is 0 Å². The van der Waals surface area contributed by atoms with E-state index in [1.54, 1.807) is 0 Å². The maximum absolute atomic E-state index is 10.4. The normalized spacial score (nSPS) is 9.67. The smallest absolute Gasteiger partial charge is 0.280 e. The highest BCUT2D eigenvalue weighted by atomic mass is 17.5. The van der Waals surface area contributed by atoms with Crippen molar-refractivity contribution < 1.29 is 25.0 Å². The Morgan fingerprint density at radius 1 is 1.07 bits per heavy atom. The Balaban J connectivity index is 3.19. The second-order valence-corrected chi connectivity index (χ2v) is 2.36. The lowest BCUT2D eigenvalue weighted by Gasteiger charge is -1.98. The number of non-ortho nitro benzene ring substituents is 2. The maximum atomic E-state index is 10.4. The SMILES string of the molecule is O=[N+]([O-])c1cc(OOO)cc([N+](=O)[O-])c1. The quantitative estimate of drug-likeness (QED) is 0.456. The fourth-order valence-corrected chi connectivity index (χ4v) is 0.870. The van der Waals surface area contributed by atoms with Gasteiger partial charge in [0.2, 0.25) is 0 Å². The van der Waals surface area contributed by atoms with Crippen LogP contribution in [0.15, 0.2) is 18.2 Å². The zero-order valence-corrected chi connectivity index (χ0v) is 7.02. The maximum Gasteiger partial charge on any atom is 0.280 e. The first kappa shape index (κ1) is 10.8. The van der Waals surface area contributed by atoms with Crippen molar-refractivity contribution in [3.63, 3.8) is 0 Å². The van der Waals surface area contributed by atoms with E-state index in [2.05, 4.69) is 9.93 Å². The molecular formula is C6H4N2O7. The Hall–Kier alpha value is -2.26. The largest absolute Gasteiger partial charge is 0.308 e. The van der Waals surface area contributed by atoms with Crippen molar-refractivity contribution in [1.29, 1.82) is 0 Å². The number of nitro benzene ring substituents is 2. The summed E-state index contributed by atoms with van der Waals surface area (Å²) in [6, 6.07) is 2.48. The van der Waals surface area contributed by atoms with E-state index in [4.69, 9.17) is 5.26 Å². The third-order valence-electron chi connectivity index (χ3n) is 1.43. The fraction of sp³-hybridized carbons (Fsp3) is 0. The van der Waals surface area contributed by atoms with E-state index in [1.807, 2.05) is 0 Å². The molecule has 0 amide bonds. The number of nitrogens with zero attached hydrogens (tertiary/aromatic N) is 2. The first-order valence-corrected chi connectivity index (χ1v) is 3.46. The number of nitro groups is 2. The molecule has 9 heteroatoms. The van der Waals surface area contributed by atoms with Gasteiger partial charge in [0.15, 0.2) is 5.75 Å². The van der Waals surface area contributed by atoms with Gasteiger partial charge in [0.25, 0.3) is 11.4 Å². The zero-order valence-electron chi connectivity index (χ0n) is 7.02. The van der Waals surface area contributed by atoms with Gasteiger partial charge < -0.3 is 4.89 Å². The van der Waals surface area contributed by atoms with Crippen LogP contribution in [-0.4, -0.2) is 15.1 Å². The van der Waals surface area contributed by atoms with E-state index in [1.165, 1.54) is 0 Å². The van der Waals surface area contributed by atoms with Gasteiger partial charge in [-0.15, -0.1) is 0 Å². The summed E-state index contributed by atoms with van der Waals surface area (Å²) in [4.78, 5) is 23.1. The molecule has 0 aromatic heterocycles. The molecule has 0 saturated carbocycles. The monoisotopic (exact) mass is 216 g/mol. The molecule has 0 radical (unpaired) electrons. The average Bonchev–Trinajstić information content (AvgIpc) is 2.17. The van der Waals surface area contributed by atoms with Crippen LogP contribution in [0.3, 0.4) is 0 Å². The molecule has 0 aliphatic carbocycles. The van der Waals surface area contributed by atoms with Crippen LogP contribution in [0.1, 0.15) is 0 Å². The first-order chi connectivity index (χ1) is 7.04. The Labute approximate surface area is 81.6 Å². The molecule has 1 aromatic carbocycles. The lowest BCUT2D eigenvalue weighted by Crippen LogP contribution is -1.96. The van der Waals surface area contributed by atoms with Gasteiger partial charge in [-0.05, 0) is 5.04 Å². The summed E-state index contributed by atoms with van der Waals surface area (Å²) in [6.07, 6.45) is 0. The van der Waals surface area contributed by atoms with Crippen LogP contribution in [0.25, 0.3) is 0 Å². The predicted octanol–water partition coefficient (Wildman–Crippen LogP) is 1.29. The highest BCUT2D eigenvalue weighted by Crippen LogP contribution is 2.27. The minimum absolute atomic E-state index is 0.349. The molecule has 0 saturated heterocycles.